The van der Waals surface area contributed by atoms with Gasteiger partial charge in [-0.05, 0) is 31.4 Å². The van der Waals surface area contributed by atoms with Crippen LogP contribution in [-0.2, 0) is 0 Å². The summed E-state index contributed by atoms with van der Waals surface area (Å²) < 4.78 is 0. The fourth-order valence-corrected chi connectivity index (χ4v) is 1.98. The Bertz CT molecular complexity index is 667. The zero-order valence-electron chi connectivity index (χ0n) is 13.5. The van der Waals surface area contributed by atoms with Crippen molar-refractivity contribution in [1.29, 1.82) is 0 Å². The van der Waals surface area contributed by atoms with Gasteiger partial charge in [0.05, 0.1) is 0 Å². The molecule has 0 radical (unpaired) electrons. The lowest BCUT2D eigenvalue weighted by Crippen LogP contribution is -2.17. The lowest BCUT2D eigenvalue weighted by atomic mass is 10.2. The smallest absolute Gasteiger partial charge is 0.274 e. The number of nitrogens with zero attached hydrogens (tertiary/aromatic N) is 2. The van der Waals surface area contributed by atoms with Crippen LogP contribution in [0.3, 0.4) is 0 Å². The molecular formula is C17H22N4O. The number of aromatic nitrogens is 2. The standard InChI is InChI=1S/C17H22N4O/c1-11(2)10-18-16-9-15(19-13(4)20-16)17(22)21-14-8-6-5-7-12(14)3/h5-9,11H,10H2,1-4H3,(H,21,22)(H,18,19,20). The van der Waals surface area contributed by atoms with Crippen molar-refractivity contribution in [3.63, 3.8) is 0 Å². The zero-order valence-corrected chi connectivity index (χ0v) is 13.5. The number of hydrogen-bond donors (Lipinski definition) is 2. The maximum atomic E-state index is 12.4. The second kappa shape index (κ2) is 7.02. The van der Waals surface area contributed by atoms with E-state index in [-0.39, 0.29) is 5.91 Å². The third-order valence-electron chi connectivity index (χ3n) is 3.16. The van der Waals surface area contributed by atoms with E-state index >= 15 is 0 Å². The molecular weight excluding hydrogens is 276 g/mol. The van der Waals surface area contributed by atoms with Gasteiger partial charge in [0.15, 0.2) is 0 Å². The van der Waals surface area contributed by atoms with Gasteiger partial charge in [-0.2, -0.15) is 0 Å². The molecule has 0 aliphatic rings. The highest BCUT2D eigenvalue weighted by atomic mass is 16.1. The van der Waals surface area contributed by atoms with Crippen LogP contribution in [0, 0.1) is 19.8 Å². The fraction of sp³-hybridized carbons (Fsp3) is 0.353. The van der Waals surface area contributed by atoms with Crippen molar-refractivity contribution in [3.8, 4) is 0 Å². The van der Waals surface area contributed by atoms with E-state index in [0.717, 1.165) is 17.8 Å². The van der Waals surface area contributed by atoms with Gasteiger partial charge < -0.3 is 10.6 Å². The lowest BCUT2D eigenvalue weighted by Gasteiger charge is -2.11. The summed E-state index contributed by atoms with van der Waals surface area (Å²) in [6.07, 6.45) is 0. The fourth-order valence-electron chi connectivity index (χ4n) is 1.98. The molecule has 0 fully saturated rings. The highest BCUT2D eigenvalue weighted by molar-refractivity contribution is 6.03. The average Bonchev–Trinajstić information content (AvgIpc) is 2.47. The van der Waals surface area contributed by atoms with Crippen LogP contribution in [0.25, 0.3) is 0 Å². The maximum Gasteiger partial charge on any atom is 0.274 e. The molecule has 0 saturated heterocycles. The number of nitrogens with one attached hydrogen (secondary N) is 2. The molecule has 0 atom stereocenters. The minimum atomic E-state index is -0.229. The molecule has 1 amide bonds. The molecule has 116 valence electrons. The Morgan fingerprint density at radius 2 is 1.91 bits per heavy atom. The molecule has 2 N–H and O–H groups in total. The zero-order chi connectivity index (χ0) is 16.1. The van der Waals surface area contributed by atoms with Gasteiger partial charge in [-0.3, -0.25) is 4.79 Å². The molecule has 5 heteroatoms. The number of carbonyl (C=O) groups is 1. The number of anilines is 2. The van der Waals surface area contributed by atoms with Crippen LogP contribution in [0.4, 0.5) is 11.5 Å². The van der Waals surface area contributed by atoms with Crippen LogP contribution < -0.4 is 10.6 Å². The number of hydrogen-bond acceptors (Lipinski definition) is 4. The quantitative estimate of drug-likeness (QED) is 0.887. The number of rotatable bonds is 5. The van der Waals surface area contributed by atoms with E-state index in [4.69, 9.17) is 0 Å². The van der Waals surface area contributed by atoms with Crippen LogP contribution in [0.1, 0.15) is 35.7 Å². The first-order valence-electron chi connectivity index (χ1n) is 7.42. The van der Waals surface area contributed by atoms with Crippen LogP contribution in [0.2, 0.25) is 0 Å². The summed E-state index contributed by atoms with van der Waals surface area (Å²) in [5, 5.41) is 6.11. The molecule has 1 aromatic carbocycles. The predicted molar refractivity (Wildman–Crippen MR) is 89.2 cm³/mol. The van der Waals surface area contributed by atoms with Gasteiger partial charge in [-0.15, -0.1) is 0 Å². The van der Waals surface area contributed by atoms with Crippen molar-refractivity contribution in [3.05, 3.63) is 47.4 Å². The van der Waals surface area contributed by atoms with Crippen molar-refractivity contribution in [1.82, 2.24) is 9.97 Å². The number of benzene rings is 1. The summed E-state index contributed by atoms with van der Waals surface area (Å²) in [4.78, 5) is 20.9. The summed E-state index contributed by atoms with van der Waals surface area (Å²) in [6, 6.07) is 9.34. The van der Waals surface area contributed by atoms with Crippen molar-refractivity contribution >= 4 is 17.4 Å². The third-order valence-corrected chi connectivity index (χ3v) is 3.16. The van der Waals surface area contributed by atoms with Crippen LogP contribution >= 0.6 is 0 Å². The Balaban J connectivity index is 2.17. The van der Waals surface area contributed by atoms with Gasteiger partial charge in [0.2, 0.25) is 0 Å². The molecule has 1 aromatic heterocycles. The van der Waals surface area contributed by atoms with Gasteiger partial charge >= 0.3 is 0 Å². The third kappa shape index (κ3) is 4.28. The maximum absolute atomic E-state index is 12.4. The Morgan fingerprint density at radius 3 is 2.59 bits per heavy atom. The Hall–Kier alpha value is -2.43. The first-order chi connectivity index (χ1) is 10.5. The molecule has 2 rings (SSSR count). The van der Waals surface area contributed by atoms with Crippen molar-refractivity contribution in [2.24, 2.45) is 5.92 Å². The van der Waals surface area contributed by atoms with Gasteiger partial charge in [0, 0.05) is 18.3 Å². The molecule has 0 unspecified atom stereocenters. The normalized spacial score (nSPS) is 10.6. The summed E-state index contributed by atoms with van der Waals surface area (Å²) in [5.74, 6) is 1.52. The molecule has 0 spiro atoms. The van der Waals surface area contributed by atoms with Crippen LogP contribution in [0.5, 0.6) is 0 Å². The van der Waals surface area contributed by atoms with E-state index in [2.05, 4.69) is 34.4 Å². The van der Waals surface area contributed by atoms with E-state index in [1.807, 2.05) is 31.2 Å². The lowest BCUT2D eigenvalue weighted by molar-refractivity contribution is 0.102. The van der Waals surface area contributed by atoms with E-state index < -0.39 is 0 Å². The second-order valence-electron chi connectivity index (χ2n) is 5.73. The monoisotopic (exact) mass is 298 g/mol. The minimum Gasteiger partial charge on any atom is -0.370 e. The van der Waals surface area contributed by atoms with Crippen LogP contribution in [0.15, 0.2) is 30.3 Å². The van der Waals surface area contributed by atoms with E-state index in [1.54, 1.807) is 13.0 Å². The Labute approximate surface area is 131 Å². The summed E-state index contributed by atoms with van der Waals surface area (Å²) >= 11 is 0. The van der Waals surface area contributed by atoms with Crippen molar-refractivity contribution in [2.75, 3.05) is 17.2 Å². The molecule has 0 saturated carbocycles. The number of carbonyl (C=O) groups excluding carboxylic acids is 1. The largest absolute Gasteiger partial charge is 0.370 e. The van der Waals surface area contributed by atoms with E-state index in [9.17, 15) is 4.79 Å². The molecule has 1 heterocycles. The number of aryl methyl sites for hydroxylation is 2. The first kappa shape index (κ1) is 15.9. The highest BCUT2D eigenvalue weighted by Gasteiger charge is 2.12. The van der Waals surface area contributed by atoms with Crippen molar-refractivity contribution in [2.45, 2.75) is 27.7 Å². The van der Waals surface area contributed by atoms with Gasteiger partial charge in [-0.1, -0.05) is 32.0 Å². The molecule has 0 bridgehead atoms. The summed E-state index contributed by atoms with van der Waals surface area (Å²) in [7, 11) is 0. The summed E-state index contributed by atoms with van der Waals surface area (Å²) in [6.45, 7) is 8.77. The Morgan fingerprint density at radius 1 is 1.18 bits per heavy atom. The molecule has 0 aliphatic carbocycles. The average molecular weight is 298 g/mol. The van der Waals surface area contributed by atoms with Gasteiger partial charge in [-0.25, -0.2) is 9.97 Å². The topological polar surface area (TPSA) is 66.9 Å². The predicted octanol–water partition coefficient (Wildman–Crippen LogP) is 3.41. The van der Waals surface area contributed by atoms with Crippen LogP contribution in [-0.4, -0.2) is 22.4 Å². The molecule has 0 aliphatic heterocycles. The highest BCUT2D eigenvalue weighted by Crippen LogP contribution is 2.15. The van der Waals surface area contributed by atoms with E-state index in [1.165, 1.54) is 0 Å². The SMILES string of the molecule is Cc1nc(NCC(C)C)cc(C(=O)Nc2ccccc2C)n1. The number of amides is 1. The Kier molecular flexibility index (Phi) is 5.09. The number of para-hydroxylation sites is 1. The second-order valence-corrected chi connectivity index (χ2v) is 5.73. The molecule has 5 nitrogen and oxygen atoms in total. The molecule has 22 heavy (non-hydrogen) atoms. The molecule has 2 aromatic rings. The van der Waals surface area contributed by atoms with Gasteiger partial charge in [0.25, 0.3) is 5.91 Å². The minimum absolute atomic E-state index is 0.229. The van der Waals surface area contributed by atoms with Gasteiger partial charge in [0.1, 0.15) is 17.3 Å². The summed E-state index contributed by atoms with van der Waals surface area (Å²) in [5.41, 5.74) is 2.17. The van der Waals surface area contributed by atoms with E-state index in [0.29, 0.717) is 23.3 Å². The first-order valence-corrected chi connectivity index (χ1v) is 7.42. The van der Waals surface area contributed by atoms with Crippen molar-refractivity contribution < 1.29 is 4.79 Å².